The molecule has 1 aliphatic rings. The number of nitrogens with two attached hydrogens (primary N) is 1. The third-order valence-electron chi connectivity index (χ3n) is 4.05. The average Bonchev–Trinajstić information content (AvgIpc) is 2.33. The van der Waals surface area contributed by atoms with E-state index in [0.29, 0.717) is 25.2 Å². The van der Waals surface area contributed by atoms with Gasteiger partial charge in [0.05, 0.1) is 12.1 Å². The van der Waals surface area contributed by atoms with E-state index < -0.39 is 0 Å². The van der Waals surface area contributed by atoms with Gasteiger partial charge in [0.15, 0.2) is 0 Å². The summed E-state index contributed by atoms with van der Waals surface area (Å²) in [5, 5.41) is 2.39. The standard InChI is InChI=1S/C13H29N3O/c1-5-13(9-14,10-17-4)15-16-11(2)7-6-8-12(16)3/h11-12,15H,5-10,14H2,1-4H3. The molecule has 0 radical (unpaired) electrons. The van der Waals surface area contributed by atoms with E-state index in [-0.39, 0.29) is 5.54 Å². The van der Waals surface area contributed by atoms with Gasteiger partial charge in [-0.3, -0.25) is 0 Å². The van der Waals surface area contributed by atoms with E-state index in [1.165, 1.54) is 19.3 Å². The number of methoxy groups -OCH3 is 1. The fourth-order valence-corrected chi connectivity index (χ4v) is 2.65. The van der Waals surface area contributed by atoms with Gasteiger partial charge in [-0.15, -0.1) is 0 Å². The molecule has 4 nitrogen and oxygen atoms in total. The molecule has 1 saturated heterocycles. The van der Waals surface area contributed by atoms with Crippen molar-refractivity contribution in [2.24, 2.45) is 5.73 Å². The predicted molar refractivity (Wildman–Crippen MR) is 71.7 cm³/mol. The molecule has 4 heteroatoms. The van der Waals surface area contributed by atoms with Crippen LogP contribution >= 0.6 is 0 Å². The molecule has 0 aliphatic carbocycles. The Balaban J connectivity index is 2.70. The second kappa shape index (κ2) is 6.69. The van der Waals surface area contributed by atoms with Gasteiger partial charge >= 0.3 is 0 Å². The minimum atomic E-state index is -0.116. The molecule has 17 heavy (non-hydrogen) atoms. The van der Waals surface area contributed by atoms with E-state index in [9.17, 15) is 0 Å². The van der Waals surface area contributed by atoms with Gasteiger partial charge in [-0.1, -0.05) is 13.3 Å². The summed E-state index contributed by atoms with van der Waals surface area (Å²) in [5.41, 5.74) is 9.48. The van der Waals surface area contributed by atoms with Crippen molar-refractivity contribution in [1.29, 1.82) is 0 Å². The van der Waals surface area contributed by atoms with Gasteiger partial charge in [0, 0.05) is 25.7 Å². The Hall–Kier alpha value is -0.160. The van der Waals surface area contributed by atoms with Crippen molar-refractivity contribution in [3.05, 3.63) is 0 Å². The van der Waals surface area contributed by atoms with Gasteiger partial charge in [-0.2, -0.15) is 0 Å². The SMILES string of the molecule is CCC(CN)(COC)NN1C(C)CCCC1C. The number of ether oxygens (including phenoxy) is 1. The molecule has 3 N–H and O–H groups in total. The molecular weight excluding hydrogens is 214 g/mol. The molecular formula is C13H29N3O. The molecule has 3 unspecified atom stereocenters. The summed E-state index contributed by atoms with van der Waals surface area (Å²) in [5.74, 6) is 0. The third-order valence-corrected chi connectivity index (χ3v) is 4.05. The molecule has 3 atom stereocenters. The Morgan fingerprint density at radius 2 is 1.94 bits per heavy atom. The Labute approximate surface area is 106 Å². The number of rotatable bonds is 6. The predicted octanol–water partition coefficient (Wildman–Crippen LogP) is 1.51. The first-order valence-electron chi connectivity index (χ1n) is 6.83. The summed E-state index contributed by atoms with van der Waals surface area (Å²) in [7, 11) is 1.74. The molecule has 0 amide bonds. The fraction of sp³-hybridized carbons (Fsp3) is 1.00. The molecule has 0 aromatic heterocycles. The maximum atomic E-state index is 5.94. The van der Waals surface area contributed by atoms with E-state index in [1.54, 1.807) is 7.11 Å². The van der Waals surface area contributed by atoms with E-state index in [0.717, 1.165) is 6.42 Å². The van der Waals surface area contributed by atoms with Gasteiger partial charge in [0.1, 0.15) is 0 Å². The number of hydrogen-bond donors (Lipinski definition) is 2. The van der Waals surface area contributed by atoms with E-state index in [4.69, 9.17) is 10.5 Å². The van der Waals surface area contributed by atoms with Gasteiger partial charge in [0.2, 0.25) is 0 Å². The number of piperidine rings is 1. The van der Waals surface area contributed by atoms with Crippen LogP contribution in [-0.4, -0.2) is 42.9 Å². The Kier molecular flexibility index (Phi) is 5.86. The summed E-state index contributed by atoms with van der Waals surface area (Å²) in [4.78, 5) is 0. The minimum Gasteiger partial charge on any atom is -0.383 e. The molecule has 0 aromatic carbocycles. The fourth-order valence-electron chi connectivity index (χ4n) is 2.65. The maximum Gasteiger partial charge on any atom is 0.0678 e. The lowest BCUT2D eigenvalue weighted by Gasteiger charge is -2.45. The summed E-state index contributed by atoms with van der Waals surface area (Å²) in [6, 6.07) is 1.15. The quantitative estimate of drug-likeness (QED) is 0.742. The molecule has 0 bridgehead atoms. The molecule has 1 aliphatic heterocycles. The molecule has 0 spiro atoms. The lowest BCUT2D eigenvalue weighted by Crippen LogP contribution is -2.65. The summed E-state index contributed by atoms with van der Waals surface area (Å²) >= 11 is 0. The van der Waals surface area contributed by atoms with Crippen LogP contribution in [0.3, 0.4) is 0 Å². The molecule has 0 aromatic rings. The van der Waals surface area contributed by atoms with Crippen molar-refractivity contribution in [2.45, 2.75) is 64.1 Å². The Bertz CT molecular complexity index is 209. The summed E-state index contributed by atoms with van der Waals surface area (Å²) < 4.78 is 5.33. The molecule has 1 heterocycles. The maximum absolute atomic E-state index is 5.94. The van der Waals surface area contributed by atoms with Crippen molar-refractivity contribution in [1.82, 2.24) is 10.4 Å². The zero-order valence-electron chi connectivity index (χ0n) is 11.8. The van der Waals surface area contributed by atoms with Crippen LogP contribution in [0.4, 0.5) is 0 Å². The van der Waals surface area contributed by atoms with Crippen LogP contribution in [0.15, 0.2) is 0 Å². The molecule has 0 saturated carbocycles. The van der Waals surface area contributed by atoms with Crippen LogP contribution in [0.25, 0.3) is 0 Å². The normalized spacial score (nSPS) is 30.2. The number of nitrogens with zero attached hydrogens (tertiary/aromatic N) is 1. The highest BCUT2D eigenvalue weighted by Crippen LogP contribution is 2.23. The first-order valence-corrected chi connectivity index (χ1v) is 6.83. The van der Waals surface area contributed by atoms with Crippen LogP contribution in [0.1, 0.15) is 46.5 Å². The van der Waals surface area contributed by atoms with Gasteiger partial charge in [-0.25, -0.2) is 10.4 Å². The number of nitrogens with one attached hydrogen (secondary N) is 1. The van der Waals surface area contributed by atoms with Crippen molar-refractivity contribution >= 4 is 0 Å². The van der Waals surface area contributed by atoms with Gasteiger partial charge < -0.3 is 10.5 Å². The second-order valence-corrected chi connectivity index (χ2v) is 5.42. The molecule has 1 rings (SSSR count). The second-order valence-electron chi connectivity index (χ2n) is 5.42. The highest BCUT2D eigenvalue weighted by molar-refractivity contribution is 4.90. The highest BCUT2D eigenvalue weighted by Gasteiger charge is 2.33. The van der Waals surface area contributed by atoms with E-state index in [2.05, 4.69) is 31.2 Å². The lowest BCUT2D eigenvalue weighted by atomic mass is 9.96. The van der Waals surface area contributed by atoms with Crippen LogP contribution in [0.2, 0.25) is 0 Å². The summed E-state index contributed by atoms with van der Waals surface area (Å²) in [6.07, 6.45) is 4.82. The molecule has 1 fully saturated rings. The van der Waals surface area contributed by atoms with Crippen LogP contribution in [-0.2, 0) is 4.74 Å². The van der Waals surface area contributed by atoms with Crippen molar-refractivity contribution < 1.29 is 4.74 Å². The van der Waals surface area contributed by atoms with Gasteiger partial charge in [-0.05, 0) is 33.1 Å². The summed E-state index contributed by atoms with van der Waals surface area (Å²) in [6.45, 7) is 8.00. The first-order chi connectivity index (χ1) is 8.08. The third kappa shape index (κ3) is 3.65. The average molecular weight is 243 g/mol. The zero-order chi connectivity index (χ0) is 12.9. The van der Waals surface area contributed by atoms with Crippen molar-refractivity contribution in [3.63, 3.8) is 0 Å². The number of hydrazine groups is 1. The lowest BCUT2D eigenvalue weighted by molar-refractivity contribution is -0.0243. The highest BCUT2D eigenvalue weighted by atomic mass is 16.5. The van der Waals surface area contributed by atoms with Crippen molar-refractivity contribution in [3.8, 4) is 0 Å². The van der Waals surface area contributed by atoms with Crippen LogP contribution in [0.5, 0.6) is 0 Å². The largest absolute Gasteiger partial charge is 0.383 e. The van der Waals surface area contributed by atoms with Crippen molar-refractivity contribution in [2.75, 3.05) is 20.3 Å². The Morgan fingerprint density at radius 3 is 2.35 bits per heavy atom. The Morgan fingerprint density at radius 1 is 1.35 bits per heavy atom. The first kappa shape index (κ1) is 14.9. The topological polar surface area (TPSA) is 50.5 Å². The monoisotopic (exact) mass is 243 g/mol. The minimum absolute atomic E-state index is 0.116. The van der Waals surface area contributed by atoms with Crippen LogP contribution in [0, 0.1) is 0 Å². The zero-order valence-corrected chi connectivity index (χ0v) is 11.8. The molecule has 102 valence electrons. The smallest absolute Gasteiger partial charge is 0.0678 e. The van der Waals surface area contributed by atoms with E-state index in [1.807, 2.05) is 0 Å². The van der Waals surface area contributed by atoms with Crippen LogP contribution < -0.4 is 11.2 Å². The van der Waals surface area contributed by atoms with Gasteiger partial charge in [0.25, 0.3) is 0 Å². The van der Waals surface area contributed by atoms with E-state index >= 15 is 0 Å². The number of hydrogen-bond acceptors (Lipinski definition) is 4.